The van der Waals surface area contributed by atoms with Crippen molar-refractivity contribution in [1.29, 1.82) is 0 Å². The Kier molecular flexibility index (Phi) is 4.67. The minimum absolute atomic E-state index is 0.0110. The second-order valence-electron chi connectivity index (χ2n) is 5.47. The fourth-order valence-electron chi connectivity index (χ4n) is 2.28. The van der Waals surface area contributed by atoms with Crippen molar-refractivity contribution in [2.75, 3.05) is 5.73 Å². The molecule has 140 valence electrons. The molecule has 1 amide bonds. The molecule has 3 aromatic rings. The largest absolute Gasteiger partial charge is 0.438 e. The molecule has 2 heterocycles. The Morgan fingerprint density at radius 2 is 1.89 bits per heavy atom. The first-order chi connectivity index (χ1) is 12.7. The van der Waals surface area contributed by atoms with Gasteiger partial charge in [0, 0.05) is 11.9 Å². The number of hydrogen-bond acceptors (Lipinski definition) is 6. The molecule has 0 aliphatic rings. The first kappa shape index (κ1) is 18.2. The number of ether oxygens (including phenoxy) is 1. The van der Waals surface area contributed by atoms with Gasteiger partial charge in [-0.3, -0.25) is 4.79 Å². The van der Waals surface area contributed by atoms with Crippen molar-refractivity contribution >= 4 is 11.6 Å². The third-order valence-corrected chi connectivity index (χ3v) is 3.51. The van der Waals surface area contributed by atoms with E-state index in [9.17, 15) is 18.0 Å². The highest BCUT2D eigenvalue weighted by molar-refractivity contribution is 5.98. The van der Waals surface area contributed by atoms with Crippen molar-refractivity contribution in [2.24, 2.45) is 5.73 Å². The highest BCUT2D eigenvalue weighted by Gasteiger charge is 2.36. The van der Waals surface area contributed by atoms with Crippen LogP contribution in [0, 0.1) is 0 Å². The van der Waals surface area contributed by atoms with Crippen LogP contribution in [0.5, 0.6) is 11.6 Å². The molecule has 0 fully saturated rings. The molecule has 1 aromatic carbocycles. The molecule has 0 bridgehead atoms. The molecule has 0 atom stereocenters. The molecule has 0 aliphatic heterocycles. The van der Waals surface area contributed by atoms with Gasteiger partial charge >= 0.3 is 6.18 Å². The van der Waals surface area contributed by atoms with Gasteiger partial charge < -0.3 is 16.2 Å². The molecule has 0 aliphatic carbocycles. The lowest BCUT2D eigenvalue weighted by atomic mass is 10.1. The SMILES string of the molecule is NC(=O)c1cc(Oc2ncc(Cn3nccn3)cc2C(F)(F)F)ccc1N. The van der Waals surface area contributed by atoms with Crippen LogP contribution < -0.4 is 16.2 Å². The smallest absolute Gasteiger partial charge is 0.421 e. The standard InChI is InChI=1S/C16H13F3N6O2/c17-16(18,19)12-5-9(8-25-23-3-4-24-25)7-22-15(12)27-10-1-2-13(20)11(6-10)14(21)26/h1-7H,8,20H2,(H2,21,26). The number of hydrogen-bond donors (Lipinski definition) is 2. The van der Waals surface area contributed by atoms with Gasteiger partial charge in [-0.15, -0.1) is 0 Å². The lowest BCUT2D eigenvalue weighted by Crippen LogP contribution is -2.14. The van der Waals surface area contributed by atoms with Gasteiger partial charge in [0.1, 0.15) is 11.3 Å². The number of primary amides is 1. The van der Waals surface area contributed by atoms with E-state index < -0.39 is 23.5 Å². The topological polar surface area (TPSA) is 122 Å². The lowest BCUT2D eigenvalue weighted by Gasteiger charge is -2.14. The molecule has 3 rings (SSSR count). The zero-order valence-electron chi connectivity index (χ0n) is 13.6. The van der Waals surface area contributed by atoms with Crippen molar-refractivity contribution in [3.63, 3.8) is 0 Å². The van der Waals surface area contributed by atoms with Crippen LogP contribution in [-0.4, -0.2) is 25.9 Å². The Bertz CT molecular complexity index is 973. The monoisotopic (exact) mass is 378 g/mol. The molecular formula is C16H13F3N6O2. The number of pyridine rings is 1. The average molecular weight is 378 g/mol. The van der Waals surface area contributed by atoms with Crippen LogP contribution in [0.15, 0.2) is 42.9 Å². The number of alkyl halides is 3. The van der Waals surface area contributed by atoms with E-state index in [1.54, 1.807) is 0 Å². The average Bonchev–Trinajstić information content (AvgIpc) is 3.09. The number of aromatic nitrogens is 4. The molecule has 0 saturated carbocycles. The van der Waals surface area contributed by atoms with Gasteiger partial charge in [0.15, 0.2) is 0 Å². The van der Waals surface area contributed by atoms with Gasteiger partial charge in [-0.25, -0.2) is 4.98 Å². The van der Waals surface area contributed by atoms with Gasteiger partial charge in [-0.1, -0.05) is 0 Å². The normalized spacial score (nSPS) is 11.4. The number of rotatable bonds is 5. The fraction of sp³-hybridized carbons (Fsp3) is 0.125. The van der Waals surface area contributed by atoms with E-state index in [2.05, 4.69) is 15.2 Å². The van der Waals surface area contributed by atoms with Crippen molar-refractivity contribution < 1.29 is 22.7 Å². The van der Waals surface area contributed by atoms with Crippen LogP contribution in [0.3, 0.4) is 0 Å². The summed E-state index contributed by atoms with van der Waals surface area (Å²) in [6, 6.07) is 4.67. The summed E-state index contributed by atoms with van der Waals surface area (Å²) in [6.07, 6.45) is -0.670. The number of nitrogen functional groups attached to an aromatic ring is 1. The van der Waals surface area contributed by atoms with Gasteiger partial charge in [-0.05, 0) is 29.8 Å². The van der Waals surface area contributed by atoms with E-state index in [-0.39, 0.29) is 29.1 Å². The van der Waals surface area contributed by atoms with E-state index in [1.807, 2.05) is 0 Å². The lowest BCUT2D eigenvalue weighted by molar-refractivity contribution is -0.138. The maximum absolute atomic E-state index is 13.4. The van der Waals surface area contributed by atoms with Crippen molar-refractivity contribution in [2.45, 2.75) is 12.7 Å². The Hall–Kier alpha value is -3.63. The minimum atomic E-state index is -4.71. The Morgan fingerprint density at radius 1 is 1.19 bits per heavy atom. The quantitative estimate of drug-likeness (QED) is 0.657. The van der Waals surface area contributed by atoms with Crippen LogP contribution in [0.2, 0.25) is 0 Å². The summed E-state index contributed by atoms with van der Waals surface area (Å²) in [6.45, 7) is 0.0110. The molecule has 27 heavy (non-hydrogen) atoms. The number of amides is 1. The predicted molar refractivity (Wildman–Crippen MR) is 87.8 cm³/mol. The molecule has 0 unspecified atom stereocenters. The number of carbonyl (C=O) groups excluding carboxylic acids is 1. The zero-order chi connectivity index (χ0) is 19.6. The number of benzene rings is 1. The second kappa shape index (κ2) is 6.94. The number of nitrogens with two attached hydrogens (primary N) is 2. The van der Waals surface area contributed by atoms with E-state index >= 15 is 0 Å². The maximum Gasteiger partial charge on any atom is 0.421 e. The number of carbonyl (C=O) groups is 1. The van der Waals surface area contributed by atoms with E-state index in [0.717, 1.165) is 12.1 Å². The van der Waals surface area contributed by atoms with Crippen LogP contribution in [-0.2, 0) is 12.7 Å². The van der Waals surface area contributed by atoms with Crippen molar-refractivity contribution in [1.82, 2.24) is 20.0 Å². The van der Waals surface area contributed by atoms with Crippen molar-refractivity contribution in [3.8, 4) is 11.6 Å². The molecular weight excluding hydrogens is 365 g/mol. The van der Waals surface area contributed by atoms with Gasteiger partial charge in [0.25, 0.3) is 5.91 Å². The first-order valence-electron chi connectivity index (χ1n) is 7.51. The van der Waals surface area contributed by atoms with Crippen LogP contribution in [0.4, 0.5) is 18.9 Å². The minimum Gasteiger partial charge on any atom is -0.438 e. The maximum atomic E-state index is 13.4. The third kappa shape index (κ3) is 4.14. The molecule has 4 N–H and O–H groups in total. The summed E-state index contributed by atoms with van der Waals surface area (Å²) in [5.41, 5.74) is 9.95. The van der Waals surface area contributed by atoms with E-state index in [0.29, 0.717) is 0 Å². The van der Waals surface area contributed by atoms with Crippen LogP contribution in [0.1, 0.15) is 21.5 Å². The van der Waals surface area contributed by atoms with E-state index in [1.165, 1.54) is 35.5 Å². The Labute approximate surface area is 150 Å². The van der Waals surface area contributed by atoms with Crippen LogP contribution in [0.25, 0.3) is 0 Å². The van der Waals surface area contributed by atoms with Crippen LogP contribution >= 0.6 is 0 Å². The number of anilines is 1. The number of halogens is 3. The Balaban J connectivity index is 1.95. The van der Waals surface area contributed by atoms with Crippen molar-refractivity contribution in [3.05, 3.63) is 59.5 Å². The molecule has 0 radical (unpaired) electrons. The predicted octanol–water partition coefficient (Wildman–Crippen LogP) is 2.21. The summed E-state index contributed by atoms with van der Waals surface area (Å²) in [5.74, 6) is -1.55. The summed E-state index contributed by atoms with van der Waals surface area (Å²) < 4.78 is 45.5. The molecule has 11 heteroatoms. The summed E-state index contributed by atoms with van der Waals surface area (Å²) >= 11 is 0. The molecule has 2 aromatic heterocycles. The first-order valence-corrected chi connectivity index (χ1v) is 7.51. The van der Waals surface area contributed by atoms with Gasteiger partial charge in [0.05, 0.1) is 24.5 Å². The van der Waals surface area contributed by atoms with E-state index in [4.69, 9.17) is 16.2 Å². The second-order valence-corrected chi connectivity index (χ2v) is 5.47. The Morgan fingerprint density at radius 3 is 2.52 bits per heavy atom. The van der Waals surface area contributed by atoms with Gasteiger partial charge in [0.2, 0.25) is 5.88 Å². The zero-order valence-corrected chi connectivity index (χ0v) is 13.6. The highest BCUT2D eigenvalue weighted by atomic mass is 19.4. The molecule has 0 saturated heterocycles. The highest BCUT2D eigenvalue weighted by Crippen LogP contribution is 2.37. The summed E-state index contributed by atoms with van der Waals surface area (Å²) in [4.78, 5) is 16.3. The third-order valence-electron chi connectivity index (χ3n) is 3.51. The fourth-order valence-corrected chi connectivity index (χ4v) is 2.28. The molecule has 8 nitrogen and oxygen atoms in total. The van der Waals surface area contributed by atoms with Gasteiger partial charge in [-0.2, -0.15) is 28.2 Å². The summed E-state index contributed by atoms with van der Waals surface area (Å²) in [7, 11) is 0. The molecule has 0 spiro atoms. The number of nitrogens with zero attached hydrogens (tertiary/aromatic N) is 4. The summed E-state index contributed by atoms with van der Waals surface area (Å²) in [5, 5.41) is 7.68.